The molecule has 0 aliphatic heterocycles. The van der Waals surface area contributed by atoms with E-state index in [0.29, 0.717) is 19.5 Å². The van der Waals surface area contributed by atoms with Crippen molar-refractivity contribution < 1.29 is 9.72 Å². The Morgan fingerprint density at radius 1 is 1.38 bits per heavy atom. The second-order valence-corrected chi connectivity index (χ2v) is 6.32. The van der Waals surface area contributed by atoms with Crippen LogP contribution in [0, 0.1) is 29.9 Å². The molecule has 1 amide bonds. The number of nitrogens with one attached hydrogen (secondary N) is 1. The van der Waals surface area contributed by atoms with Crippen molar-refractivity contribution in [3.63, 3.8) is 0 Å². The molecule has 1 aliphatic carbocycles. The summed E-state index contributed by atoms with van der Waals surface area (Å²) < 4.78 is 1.94. The lowest BCUT2D eigenvalue weighted by molar-refractivity contribution is -0.497. The van der Waals surface area contributed by atoms with Crippen molar-refractivity contribution in [3.05, 3.63) is 63.0 Å². The topological polar surface area (TPSA) is 90.1 Å². The van der Waals surface area contributed by atoms with E-state index in [2.05, 4.69) is 10.4 Å². The molecule has 0 bridgehead atoms. The molecule has 1 heterocycles. The van der Waals surface area contributed by atoms with Gasteiger partial charge in [-0.15, -0.1) is 0 Å². The highest BCUT2D eigenvalue weighted by Crippen LogP contribution is 2.33. The smallest absolute Gasteiger partial charge is 0.230 e. The van der Waals surface area contributed by atoms with E-state index < -0.39 is 12.0 Å². The number of rotatable bonds is 6. The summed E-state index contributed by atoms with van der Waals surface area (Å²) in [4.78, 5) is 22.1. The van der Waals surface area contributed by atoms with Gasteiger partial charge in [0, 0.05) is 23.6 Å². The van der Waals surface area contributed by atoms with Crippen molar-refractivity contribution in [3.8, 4) is 0 Å². The zero-order valence-corrected chi connectivity index (χ0v) is 13.7. The first-order valence-electron chi connectivity index (χ1n) is 7.94. The number of aromatic nitrogens is 2. The lowest BCUT2D eigenvalue weighted by Gasteiger charge is -2.08. The Morgan fingerprint density at radius 3 is 2.75 bits per heavy atom. The fourth-order valence-electron chi connectivity index (χ4n) is 2.86. The molecule has 1 aliphatic rings. The minimum Gasteiger partial charge on any atom is -0.352 e. The molecular formula is C17H20N4O3. The van der Waals surface area contributed by atoms with Crippen LogP contribution in [0.3, 0.4) is 0 Å². The Hall–Kier alpha value is -2.70. The van der Waals surface area contributed by atoms with Crippen molar-refractivity contribution in [2.45, 2.75) is 39.4 Å². The third kappa shape index (κ3) is 3.61. The van der Waals surface area contributed by atoms with Gasteiger partial charge in [0.1, 0.15) is 5.92 Å². The van der Waals surface area contributed by atoms with E-state index in [-0.39, 0.29) is 10.8 Å². The average molecular weight is 328 g/mol. The Bertz CT molecular complexity index is 784. The fraction of sp³-hybridized carbons (Fsp3) is 0.412. The maximum absolute atomic E-state index is 11.9. The zero-order chi connectivity index (χ0) is 17.3. The molecule has 1 aromatic heterocycles. The highest BCUT2D eigenvalue weighted by molar-refractivity contribution is 5.81. The molecule has 2 atom stereocenters. The van der Waals surface area contributed by atoms with Crippen LogP contribution in [0.2, 0.25) is 0 Å². The number of hydrogen-bond acceptors (Lipinski definition) is 4. The SMILES string of the molecule is Cc1cc(C)n(Cc2cccc(CNC(=O)[C@@H]3C[C@H]3[N+](=O)[O-])c2)n1. The van der Waals surface area contributed by atoms with E-state index in [1.165, 1.54) is 0 Å². The van der Waals surface area contributed by atoms with Crippen molar-refractivity contribution in [1.29, 1.82) is 0 Å². The minimum atomic E-state index is -0.706. The predicted octanol–water partition coefficient (Wildman–Crippen LogP) is 1.83. The predicted molar refractivity (Wildman–Crippen MR) is 88.0 cm³/mol. The van der Waals surface area contributed by atoms with Gasteiger partial charge in [0.2, 0.25) is 11.9 Å². The molecule has 1 aromatic carbocycles. The highest BCUT2D eigenvalue weighted by Gasteiger charge is 2.53. The molecule has 7 heteroatoms. The van der Waals surface area contributed by atoms with Crippen molar-refractivity contribution in [2.75, 3.05) is 0 Å². The summed E-state index contributed by atoms with van der Waals surface area (Å²) in [5.41, 5.74) is 4.16. The summed E-state index contributed by atoms with van der Waals surface area (Å²) in [6.07, 6.45) is 0.344. The van der Waals surface area contributed by atoms with Gasteiger partial charge < -0.3 is 5.32 Å². The molecule has 0 radical (unpaired) electrons. The van der Waals surface area contributed by atoms with Gasteiger partial charge in [0.15, 0.2) is 0 Å². The normalized spacial score (nSPS) is 19.1. The van der Waals surface area contributed by atoms with Crippen LogP contribution < -0.4 is 5.32 Å². The van der Waals surface area contributed by atoms with Crippen molar-refractivity contribution in [2.24, 2.45) is 5.92 Å². The summed E-state index contributed by atoms with van der Waals surface area (Å²) >= 11 is 0. The van der Waals surface area contributed by atoms with Crippen LogP contribution in [-0.2, 0) is 17.9 Å². The molecule has 0 saturated heterocycles. The van der Waals surface area contributed by atoms with Gasteiger partial charge in [0.05, 0.1) is 12.2 Å². The van der Waals surface area contributed by atoms with E-state index >= 15 is 0 Å². The molecule has 1 fully saturated rings. The Morgan fingerprint density at radius 2 is 2.12 bits per heavy atom. The third-order valence-corrected chi connectivity index (χ3v) is 4.26. The molecule has 7 nitrogen and oxygen atoms in total. The Kier molecular flexibility index (Phi) is 4.33. The standard InChI is InChI=1S/C17H20N4O3/c1-11-6-12(2)20(19-11)10-14-5-3-4-13(7-14)9-18-17(22)15-8-16(15)21(23)24/h3-7,15-16H,8-10H2,1-2H3,(H,18,22)/t15-,16-/m1/s1. The number of benzene rings is 1. The molecule has 3 rings (SSSR count). The van der Waals surface area contributed by atoms with Gasteiger partial charge in [0.25, 0.3) is 0 Å². The summed E-state index contributed by atoms with van der Waals surface area (Å²) in [6, 6.07) is 9.25. The molecule has 24 heavy (non-hydrogen) atoms. The lowest BCUT2D eigenvalue weighted by Crippen LogP contribution is -2.26. The maximum Gasteiger partial charge on any atom is 0.230 e. The van der Waals surface area contributed by atoms with Crippen molar-refractivity contribution in [1.82, 2.24) is 15.1 Å². The number of hydrogen-bond donors (Lipinski definition) is 1. The first-order chi connectivity index (χ1) is 11.4. The number of nitro groups is 1. The van der Waals surface area contributed by atoms with Crippen LogP contribution in [0.5, 0.6) is 0 Å². The van der Waals surface area contributed by atoms with E-state index in [4.69, 9.17) is 0 Å². The van der Waals surface area contributed by atoms with Crippen molar-refractivity contribution >= 4 is 5.91 Å². The van der Waals surface area contributed by atoms with Crippen LogP contribution in [0.4, 0.5) is 0 Å². The van der Waals surface area contributed by atoms with E-state index in [1.807, 2.05) is 48.9 Å². The average Bonchev–Trinajstić information content (AvgIpc) is 3.27. The van der Waals surface area contributed by atoms with Crippen LogP contribution >= 0.6 is 0 Å². The van der Waals surface area contributed by atoms with Gasteiger partial charge >= 0.3 is 0 Å². The first-order valence-corrected chi connectivity index (χ1v) is 7.94. The number of aryl methyl sites for hydroxylation is 2. The lowest BCUT2D eigenvalue weighted by atomic mass is 10.1. The molecule has 0 unspecified atom stereocenters. The molecule has 1 saturated carbocycles. The molecule has 0 spiro atoms. The van der Waals surface area contributed by atoms with Gasteiger partial charge in [-0.05, 0) is 31.0 Å². The van der Waals surface area contributed by atoms with Gasteiger partial charge in [-0.3, -0.25) is 19.6 Å². The van der Waals surface area contributed by atoms with Crippen LogP contribution in [-0.4, -0.2) is 26.7 Å². The highest BCUT2D eigenvalue weighted by atomic mass is 16.6. The number of carbonyl (C=O) groups excluding carboxylic acids is 1. The third-order valence-electron chi connectivity index (χ3n) is 4.26. The van der Waals surface area contributed by atoms with Crippen LogP contribution in [0.25, 0.3) is 0 Å². The quantitative estimate of drug-likeness (QED) is 0.647. The summed E-state index contributed by atoms with van der Waals surface area (Å²) in [7, 11) is 0. The summed E-state index contributed by atoms with van der Waals surface area (Å²) in [6.45, 7) is 5.04. The largest absolute Gasteiger partial charge is 0.352 e. The van der Waals surface area contributed by atoms with Gasteiger partial charge in [-0.25, -0.2) is 0 Å². The monoisotopic (exact) mass is 328 g/mol. The molecule has 126 valence electrons. The van der Waals surface area contributed by atoms with Gasteiger partial charge in [-0.2, -0.15) is 5.10 Å². The summed E-state index contributed by atoms with van der Waals surface area (Å²) in [5, 5.41) is 17.9. The molecular weight excluding hydrogens is 308 g/mol. The van der Waals surface area contributed by atoms with E-state index in [1.54, 1.807) is 0 Å². The number of nitrogens with zero attached hydrogens (tertiary/aromatic N) is 3. The zero-order valence-electron chi connectivity index (χ0n) is 13.7. The van der Waals surface area contributed by atoms with E-state index in [9.17, 15) is 14.9 Å². The second kappa shape index (κ2) is 6.43. The Balaban J connectivity index is 1.58. The number of amides is 1. The minimum absolute atomic E-state index is 0.236. The Labute approximate surface area is 139 Å². The summed E-state index contributed by atoms with van der Waals surface area (Å²) in [5.74, 6) is -0.710. The van der Waals surface area contributed by atoms with Crippen LogP contribution in [0.1, 0.15) is 28.9 Å². The van der Waals surface area contributed by atoms with Gasteiger partial charge in [-0.1, -0.05) is 24.3 Å². The van der Waals surface area contributed by atoms with Crippen LogP contribution in [0.15, 0.2) is 30.3 Å². The molecule has 2 aromatic rings. The van der Waals surface area contributed by atoms with E-state index in [0.717, 1.165) is 22.5 Å². The first kappa shape index (κ1) is 16.2. The number of carbonyl (C=O) groups is 1. The molecule has 1 N–H and O–H groups in total. The second-order valence-electron chi connectivity index (χ2n) is 6.32. The maximum atomic E-state index is 11.9. The fourth-order valence-corrected chi connectivity index (χ4v) is 2.86.